The lowest BCUT2D eigenvalue weighted by atomic mass is 10.1. The molecule has 0 fully saturated rings. The van der Waals surface area contributed by atoms with Crippen molar-refractivity contribution in [3.8, 4) is 11.3 Å². The molecule has 0 spiro atoms. The molecule has 1 heterocycles. The van der Waals surface area contributed by atoms with Gasteiger partial charge in [0.05, 0.1) is 5.69 Å². The normalized spacial score (nSPS) is 10.2. The highest BCUT2D eigenvalue weighted by Crippen LogP contribution is 2.30. The monoisotopic (exact) mass is 220 g/mol. The van der Waals surface area contributed by atoms with Crippen LogP contribution in [0.4, 0.5) is 11.4 Å². The minimum atomic E-state index is 0.364. The van der Waals surface area contributed by atoms with E-state index in [1.807, 2.05) is 0 Å². The second kappa shape index (κ2) is 3.74. The lowest BCUT2D eigenvalue weighted by molar-refractivity contribution is 1.17. The molecule has 15 heavy (non-hydrogen) atoms. The summed E-state index contributed by atoms with van der Waals surface area (Å²) in [5.41, 5.74) is 14.1. The van der Waals surface area contributed by atoms with E-state index >= 15 is 0 Å². The van der Waals surface area contributed by atoms with E-state index in [1.165, 1.54) is 6.33 Å². The summed E-state index contributed by atoms with van der Waals surface area (Å²) in [7, 11) is 0. The van der Waals surface area contributed by atoms with Crippen LogP contribution in [-0.4, -0.2) is 9.97 Å². The van der Waals surface area contributed by atoms with Crippen LogP contribution in [-0.2, 0) is 0 Å². The lowest BCUT2D eigenvalue weighted by Gasteiger charge is -2.07. The second-order valence-corrected chi connectivity index (χ2v) is 3.42. The SMILES string of the molecule is Nc1cccc(N)c1-c1cc(Cl)ncn1. The molecule has 0 aliphatic rings. The molecule has 2 rings (SSSR count). The summed E-state index contributed by atoms with van der Waals surface area (Å²) in [4.78, 5) is 7.87. The second-order valence-electron chi connectivity index (χ2n) is 3.04. The molecular weight excluding hydrogens is 212 g/mol. The molecule has 0 saturated carbocycles. The van der Waals surface area contributed by atoms with Crippen LogP contribution in [0.2, 0.25) is 5.15 Å². The third kappa shape index (κ3) is 1.85. The molecule has 76 valence electrons. The third-order valence-electron chi connectivity index (χ3n) is 2.02. The zero-order valence-electron chi connectivity index (χ0n) is 7.81. The Labute approximate surface area is 91.9 Å². The van der Waals surface area contributed by atoms with E-state index in [0.717, 1.165) is 0 Å². The summed E-state index contributed by atoms with van der Waals surface area (Å²) in [6.07, 6.45) is 1.38. The average molecular weight is 221 g/mol. The zero-order chi connectivity index (χ0) is 10.8. The third-order valence-corrected chi connectivity index (χ3v) is 2.23. The van der Waals surface area contributed by atoms with Crippen molar-refractivity contribution in [2.45, 2.75) is 0 Å². The molecule has 5 heteroatoms. The molecule has 1 aromatic carbocycles. The van der Waals surface area contributed by atoms with E-state index < -0.39 is 0 Å². The van der Waals surface area contributed by atoms with Gasteiger partial charge in [-0.2, -0.15) is 0 Å². The molecular formula is C10H9ClN4. The maximum Gasteiger partial charge on any atom is 0.133 e. The molecule has 0 radical (unpaired) electrons. The Morgan fingerprint density at radius 2 is 1.73 bits per heavy atom. The quantitative estimate of drug-likeness (QED) is 0.569. The topological polar surface area (TPSA) is 77.8 Å². The number of anilines is 2. The van der Waals surface area contributed by atoms with Crippen molar-refractivity contribution in [2.75, 3.05) is 11.5 Å². The fourth-order valence-corrected chi connectivity index (χ4v) is 1.50. The maximum atomic E-state index is 5.82. The molecule has 4 N–H and O–H groups in total. The van der Waals surface area contributed by atoms with E-state index in [4.69, 9.17) is 23.1 Å². The van der Waals surface area contributed by atoms with Gasteiger partial charge in [0.15, 0.2) is 0 Å². The van der Waals surface area contributed by atoms with Gasteiger partial charge in [0.1, 0.15) is 11.5 Å². The first-order chi connectivity index (χ1) is 7.18. The fourth-order valence-electron chi connectivity index (χ4n) is 1.35. The number of benzene rings is 1. The fraction of sp³-hybridized carbons (Fsp3) is 0. The van der Waals surface area contributed by atoms with Crippen molar-refractivity contribution in [3.05, 3.63) is 35.7 Å². The van der Waals surface area contributed by atoms with Gasteiger partial charge in [-0.05, 0) is 12.1 Å². The van der Waals surface area contributed by atoms with E-state index in [1.54, 1.807) is 24.3 Å². The van der Waals surface area contributed by atoms with E-state index in [0.29, 0.717) is 27.8 Å². The Bertz CT molecular complexity index is 478. The maximum absolute atomic E-state index is 5.82. The van der Waals surface area contributed by atoms with Crippen molar-refractivity contribution in [1.29, 1.82) is 0 Å². The van der Waals surface area contributed by atoms with Crippen molar-refractivity contribution in [2.24, 2.45) is 0 Å². The number of nitrogen functional groups attached to an aromatic ring is 2. The molecule has 0 aliphatic heterocycles. The molecule has 0 bridgehead atoms. The first kappa shape index (κ1) is 9.73. The van der Waals surface area contributed by atoms with Crippen molar-refractivity contribution in [3.63, 3.8) is 0 Å². The van der Waals surface area contributed by atoms with Crippen LogP contribution in [0.3, 0.4) is 0 Å². The first-order valence-electron chi connectivity index (χ1n) is 4.30. The van der Waals surface area contributed by atoms with Gasteiger partial charge < -0.3 is 11.5 Å². The minimum Gasteiger partial charge on any atom is -0.398 e. The van der Waals surface area contributed by atoms with Gasteiger partial charge in [0.2, 0.25) is 0 Å². The van der Waals surface area contributed by atoms with Gasteiger partial charge in [-0.15, -0.1) is 0 Å². The molecule has 0 atom stereocenters. The standard InChI is InChI=1S/C10H9ClN4/c11-9-4-8(14-5-15-9)10-6(12)2-1-3-7(10)13/h1-5H,12-13H2. The van der Waals surface area contributed by atoms with Crippen LogP contribution in [0.1, 0.15) is 0 Å². The highest BCUT2D eigenvalue weighted by Gasteiger charge is 2.08. The Hall–Kier alpha value is -1.81. The zero-order valence-corrected chi connectivity index (χ0v) is 8.57. The van der Waals surface area contributed by atoms with Gasteiger partial charge in [0, 0.05) is 23.0 Å². The molecule has 0 saturated heterocycles. The van der Waals surface area contributed by atoms with Gasteiger partial charge in [-0.1, -0.05) is 17.7 Å². The number of hydrogen-bond acceptors (Lipinski definition) is 4. The van der Waals surface area contributed by atoms with Crippen LogP contribution in [0.15, 0.2) is 30.6 Å². The summed E-state index contributed by atoms with van der Waals surface area (Å²) in [5.74, 6) is 0. The van der Waals surface area contributed by atoms with Crippen molar-refractivity contribution >= 4 is 23.0 Å². The number of nitrogens with two attached hydrogens (primary N) is 2. The Balaban J connectivity index is 2.63. The number of halogens is 1. The van der Waals surface area contributed by atoms with E-state index in [2.05, 4.69) is 9.97 Å². The Kier molecular flexibility index (Phi) is 2.43. The molecule has 2 aromatic rings. The largest absolute Gasteiger partial charge is 0.398 e. The van der Waals surface area contributed by atoms with Crippen LogP contribution in [0, 0.1) is 0 Å². The summed E-state index contributed by atoms with van der Waals surface area (Å²) in [5, 5.41) is 0.364. The van der Waals surface area contributed by atoms with Crippen molar-refractivity contribution in [1.82, 2.24) is 9.97 Å². The van der Waals surface area contributed by atoms with Crippen molar-refractivity contribution < 1.29 is 0 Å². The molecule has 4 nitrogen and oxygen atoms in total. The van der Waals surface area contributed by atoms with E-state index in [9.17, 15) is 0 Å². The number of rotatable bonds is 1. The summed E-state index contributed by atoms with van der Waals surface area (Å²) in [6.45, 7) is 0. The van der Waals surface area contributed by atoms with E-state index in [-0.39, 0.29) is 0 Å². The lowest BCUT2D eigenvalue weighted by Crippen LogP contribution is -1.97. The highest BCUT2D eigenvalue weighted by atomic mass is 35.5. The minimum absolute atomic E-state index is 0.364. The number of aromatic nitrogens is 2. The number of hydrogen-bond donors (Lipinski definition) is 2. The van der Waals surface area contributed by atoms with Gasteiger partial charge in [0.25, 0.3) is 0 Å². The molecule has 0 amide bonds. The molecule has 0 aliphatic carbocycles. The molecule has 1 aromatic heterocycles. The van der Waals surface area contributed by atoms with Gasteiger partial charge in [-0.25, -0.2) is 9.97 Å². The smallest absolute Gasteiger partial charge is 0.133 e. The average Bonchev–Trinajstić information content (AvgIpc) is 2.17. The van der Waals surface area contributed by atoms with Gasteiger partial charge >= 0.3 is 0 Å². The van der Waals surface area contributed by atoms with Crippen LogP contribution < -0.4 is 11.5 Å². The van der Waals surface area contributed by atoms with Crippen LogP contribution in [0.5, 0.6) is 0 Å². The highest BCUT2D eigenvalue weighted by molar-refractivity contribution is 6.29. The Morgan fingerprint density at radius 1 is 1.07 bits per heavy atom. The summed E-state index contributed by atoms with van der Waals surface area (Å²) >= 11 is 5.77. The summed E-state index contributed by atoms with van der Waals surface area (Å²) in [6, 6.07) is 6.95. The Morgan fingerprint density at radius 3 is 2.33 bits per heavy atom. The predicted molar refractivity (Wildman–Crippen MR) is 61.3 cm³/mol. The van der Waals surface area contributed by atoms with Gasteiger partial charge in [-0.3, -0.25) is 0 Å². The summed E-state index contributed by atoms with van der Waals surface area (Å²) < 4.78 is 0. The van der Waals surface area contributed by atoms with Crippen LogP contribution >= 0.6 is 11.6 Å². The van der Waals surface area contributed by atoms with Crippen LogP contribution in [0.25, 0.3) is 11.3 Å². The number of nitrogens with zero attached hydrogens (tertiary/aromatic N) is 2. The first-order valence-corrected chi connectivity index (χ1v) is 4.68. The molecule has 0 unspecified atom stereocenters. The predicted octanol–water partition coefficient (Wildman–Crippen LogP) is 1.96.